The Morgan fingerprint density at radius 3 is 2.50 bits per heavy atom. The minimum Gasteiger partial charge on any atom is -0.495 e. The number of hydrogen-bond acceptors (Lipinski definition) is 6. The largest absolute Gasteiger partial charge is 0.495 e. The van der Waals surface area contributed by atoms with Crippen LogP contribution in [0, 0.1) is 5.82 Å². The van der Waals surface area contributed by atoms with Crippen LogP contribution in [0.3, 0.4) is 0 Å². The number of benzene rings is 2. The molecule has 198 valence electrons. The molecule has 4 aromatic rings. The number of hydrogen-bond donors (Lipinski definition) is 2. The van der Waals surface area contributed by atoms with Crippen LogP contribution in [-0.2, 0) is 5.60 Å². The van der Waals surface area contributed by atoms with Gasteiger partial charge in [-0.2, -0.15) is 13.2 Å². The van der Waals surface area contributed by atoms with E-state index >= 15 is 0 Å². The minimum absolute atomic E-state index is 0.0538. The summed E-state index contributed by atoms with van der Waals surface area (Å²) in [5.74, 6) is -1.49. The number of aliphatic hydroxyl groups is 1. The predicted octanol–water partition coefficient (Wildman–Crippen LogP) is 5.29. The fourth-order valence-corrected chi connectivity index (χ4v) is 4.04. The summed E-state index contributed by atoms with van der Waals surface area (Å²) in [5, 5.41) is 13.2. The molecule has 0 spiro atoms. The van der Waals surface area contributed by atoms with E-state index in [9.17, 15) is 27.5 Å². The summed E-state index contributed by atoms with van der Waals surface area (Å²) in [7, 11) is 2.59. The summed E-state index contributed by atoms with van der Waals surface area (Å²) in [6.07, 6.45) is -3.71. The second-order valence-corrected chi connectivity index (χ2v) is 8.54. The molecule has 38 heavy (non-hydrogen) atoms. The lowest BCUT2D eigenvalue weighted by molar-refractivity contribution is -0.265. The Kier molecular flexibility index (Phi) is 7.43. The first-order chi connectivity index (χ1) is 18.0. The first-order valence-corrected chi connectivity index (χ1v) is 11.4. The second kappa shape index (κ2) is 10.4. The number of pyridine rings is 2. The van der Waals surface area contributed by atoms with Crippen molar-refractivity contribution in [1.29, 1.82) is 0 Å². The number of halogens is 5. The highest BCUT2D eigenvalue weighted by atomic mass is 35.5. The van der Waals surface area contributed by atoms with Crippen molar-refractivity contribution in [3.8, 4) is 22.8 Å². The van der Waals surface area contributed by atoms with Gasteiger partial charge in [-0.15, -0.1) is 0 Å². The van der Waals surface area contributed by atoms with Crippen LogP contribution >= 0.6 is 11.6 Å². The van der Waals surface area contributed by atoms with Crippen molar-refractivity contribution in [1.82, 2.24) is 15.3 Å². The van der Waals surface area contributed by atoms with Gasteiger partial charge >= 0.3 is 6.18 Å². The number of carbonyl (C=O) groups is 1. The van der Waals surface area contributed by atoms with Crippen molar-refractivity contribution in [2.45, 2.75) is 11.8 Å². The average molecular weight is 550 g/mol. The third-order valence-electron chi connectivity index (χ3n) is 5.85. The fraction of sp³-hybridized carbons (Fsp3) is 0.192. The molecule has 0 aliphatic rings. The van der Waals surface area contributed by atoms with Crippen LogP contribution in [0.25, 0.3) is 22.2 Å². The molecule has 2 aromatic carbocycles. The SMILES string of the molecule is COc1ccc(C(O)(CNC(=O)c2ccc3ncccc3c2OC)C(F)(F)F)nc1-c1ccc(F)c(Cl)c1. The molecule has 0 aliphatic heterocycles. The summed E-state index contributed by atoms with van der Waals surface area (Å²) in [4.78, 5) is 21.1. The Bertz CT molecular complexity index is 1520. The van der Waals surface area contributed by atoms with E-state index < -0.39 is 35.7 Å². The number of ether oxygens (including phenoxy) is 2. The molecule has 1 amide bonds. The lowest BCUT2D eigenvalue weighted by atomic mass is 9.96. The van der Waals surface area contributed by atoms with Gasteiger partial charge in [0.1, 0.15) is 23.0 Å². The second-order valence-electron chi connectivity index (χ2n) is 8.13. The third-order valence-corrected chi connectivity index (χ3v) is 6.14. The summed E-state index contributed by atoms with van der Waals surface area (Å²) in [6.45, 7) is -1.27. The van der Waals surface area contributed by atoms with Gasteiger partial charge in [-0.05, 0) is 54.6 Å². The molecule has 0 radical (unpaired) electrons. The highest BCUT2D eigenvalue weighted by Gasteiger charge is 2.56. The van der Waals surface area contributed by atoms with E-state index in [1.165, 1.54) is 44.6 Å². The molecule has 0 fully saturated rings. The summed E-state index contributed by atoms with van der Waals surface area (Å²) < 4.78 is 66.9. The Balaban J connectivity index is 1.72. The molecule has 2 N–H and O–H groups in total. The topological polar surface area (TPSA) is 93.6 Å². The van der Waals surface area contributed by atoms with Crippen LogP contribution in [0.2, 0.25) is 5.02 Å². The first-order valence-electron chi connectivity index (χ1n) is 11.0. The molecule has 2 heterocycles. The van der Waals surface area contributed by atoms with Gasteiger partial charge < -0.3 is 19.9 Å². The molecule has 1 atom stereocenters. The van der Waals surface area contributed by atoms with Crippen molar-refractivity contribution in [2.24, 2.45) is 0 Å². The zero-order valence-electron chi connectivity index (χ0n) is 19.9. The molecule has 0 bridgehead atoms. The monoisotopic (exact) mass is 549 g/mol. The first kappa shape index (κ1) is 27.1. The van der Waals surface area contributed by atoms with E-state index in [4.69, 9.17) is 21.1 Å². The van der Waals surface area contributed by atoms with Crippen molar-refractivity contribution >= 4 is 28.4 Å². The van der Waals surface area contributed by atoms with Crippen molar-refractivity contribution in [2.75, 3.05) is 20.8 Å². The Hall–Kier alpha value is -3.96. The van der Waals surface area contributed by atoms with Gasteiger partial charge in [0.15, 0.2) is 0 Å². The number of fused-ring (bicyclic) bond motifs is 1. The maximum Gasteiger partial charge on any atom is 0.424 e. The number of nitrogens with zero attached hydrogens (tertiary/aromatic N) is 2. The number of carbonyl (C=O) groups excluding carboxylic acids is 1. The average Bonchev–Trinajstić information content (AvgIpc) is 2.91. The van der Waals surface area contributed by atoms with Crippen molar-refractivity contribution < 1.29 is 36.9 Å². The molecule has 0 saturated carbocycles. The van der Waals surface area contributed by atoms with Crippen LogP contribution < -0.4 is 14.8 Å². The Morgan fingerprint density at radius 1 is 1.08 bits per heavy atom. The summed E-state index contributed by atoms with van der Waals surface area (Å²) in [5.41, 5.74) is -3.93. The number of nitrogens with one attached hydrogen (secondary N) is 1. The molecular weight excluding hydrogens is 530 g/mol. The van der Waals surface area contributed by atoms with E-state index in [1.54, 1.807) is 18.3 Å². The van der Waals surface area contributed by atoms with E-state index in [2.05, 4.69) is 15.3 Å². The highest BCUT2D eigenvalue weighted by molar-refractivity contribution is 6.31. The summed E-state index contributed by atoms with van der Waals surface area (Å²) >= 11 is 5.83. The lowest BCUT2D eigenvalue weighted by Gasteiger charge is -2.30. The zero-order valence-corrected chi connectivity index (χ0v) is 20.7. The molecule has 0 aliphatic carbocycles. The number of methoxy groups -OCH3 is 2. The standard InChI is InChI=1S/C26H20ClF4N3O4/c1-37-20-9-10-21(34-22(20)14-5-7-18(28)17(27)12-14)25(36,26(29,30)31)13-33-24(35)16-6-8-19-15(23(16)38-2)4-3-11-32-19/h3-12,36H,13H2,1-2H3,(H,33,35). The van der Waals surface area contributed by atoms with E-state index in [0.29, 0.717) is 10.9 Å². The number of amides is 1. The van der Waals surface area contributed by atoms with Crippen LogP contribution in [-0.4, -0.2) is 47.9 Å². The van der Waals surface area contributed by atoms with E-state index in [-0.39, 0.29) is 33.3 Å². The lowest BCUT2D eigenvalue weighted by Crippen LogP contribution is -2.51. The molecule has 4 rings (SSSR count). The maximum absolute atomic E-state index is 14.3. The third kappa shape index (κ3) is 4.94. The Morgan fingerprint density at radius 2 is 1.84 bits per heavy atom. The van der Waals surface area contributed by atoms with Crippen LogP contribution in [0.4, 0.5) is 17.6 Å². The van der Waals surface area contributed by atoms with E-state index in [0.717, 1.165) is 12.1 Å². The van der Waals surface area contributed by atoms with Gasteiger partial charge in [-0.3, -0.25) is 9.78 Å². The van der Waals surface area contributed by atoms with Crippen LogP contribution in [0.5, 0.6) is 11.5 Å². The van der Waals surface area contributed by atoms with Gasteiger partial charge in [-0.1, -0.05) is 11.6 Å². The van der Waals surface area contributed by atoms with Gasteiger partial charge in [0, 0.05) is 17.1 Å². The number of aromatic nitrogens is 2. The van der Waals surface area contributed by atoms with Gasteiger partial charge in [0.05, 0.1) is 42.6 Å². The predicted molar refractivity (Wildman–Crippen MR) is 132 cm³/mol. The smallest absolute Gasteiger partial charge is 0.424 e. The minimum atomic E-state index is -5.25. The molecule has 12 heteroatoms. The van der Waals surface area contributed by atoms with Gasteiger partial charge in [-0.25, -0.2) is 9.37 Å². The Labute approximate surface area is 219 Å². The number of alkyl halides is 3. The van der Waals surface area contributed by atoms with Crippen LogP contribution in [0.1, 0.15) is 16.1 Å². The molecular formula is C26H20ClF4N3O4. The molecule has 1 unspecified atom stereocenters. The van der Waals surface area contributed by atoms with Gasteiger partial charge in [0.2, 0.25) is 5.60 Å². The van der Waals surface area contributed by atoms with Gasteiger partial charge in [0.25, 0.3) is 5.91 Å². The highest BCUT2D eigenvalue weighted by Crippen LogP contribution is 2.40. The molecule has 2 aromatic heterocycles. The zero-order chi connectivity index (χ0) is 27.7. The van der Waals surface area contributed by atoms with Crippen LogP contribution in [0.15, 0.2) is 60.8 Å². The molecule has 7 nitrogen and oxygen atoms in total. The normalized spacial score (nSPS) is 13.2. The maximum atomic E-state index is 14.3. The fourth-order valence-electron chi connectivity index (χ4n) is 3.86. The number of rotatable bonds is 7. The van der Waals surface area contributed by atoms with E-state index in [1.807, 2.05) is 0 Å². The summed E-state index contributed by atoms with van der Waals surface area (Å²) in [6, 6.07) is 11.7. The van der Waals surface area contributed by atoms with Crippen molar-refractivity contribution in [3.63, 3.8) is 0 Å². The quantitative estimate of drug-likeness (QED) is 0.304. The molecule has 0 saturated heterocycles. The van der Waals surface area contributed by atoms with Crippen molar-refractivity contribution in [3.05, 3.63) is 82.9 Å².